The Labute approximate surface area is 141 Å². The number of nitrogens with zero attached hydrogens (tertiary/aromatic N) is 3. The molecule has 4 rings (SSSR count). The van der Waals surface area contributed by atoms with Gasteiger partial charge in [-0.05, 0) is 45.4 Å². The molecule has 6 heteroatoms. The molecule has 114 valence electrons. The zero-order valence-electron chi connectivity index (χ0n) is 12.0. The van der Waals surface area contributed by atoms with Crippen molar-refractivity contribution in [2.24, 2.45) is 5.92 Å². The molecule has 2 aromatic rings. The summed E-state index contributed by atoms with van der Waals surface area (Å²) in [7, 11) is 0. The van der Waals surface area contributed by atoms with Crippen molar-refractivity contribution in [1.29, 1.82) is 0 Å². The standard InChI is InChI=1S/C16H16BrN3OS/c17-13-7-18-4-1-14(13)20-9-12(10-20)16(21)19-5-2-15-11(8-19)3-6-22-15/h1,3-4,6-7,12H,2,5,8-10H2. The van der Waals surface area contributed by atoms with Gasteiger partial charge in [0.25, 0.3) is 0 Å². The van der Waals surface area contributed by atoms with Crippen molar-refractivity contribution in [3.63, 3.8) is 0 Å². The number of halogens is 1. The van der Waals surface area contributed by atoms with Gasteiger partial charge in [-0.15, -0.1) is 11.3 Å². The van der Waals surface area contributed by atoms with E-state index in [0.29, 0.717) is 5.91 Å². The predicted molar refractivity (Wildman–Crippen MR) is 91.1 cm³/mol. The van der Waals surface area contributed by atoms with Gasteiger partial charge < -0.3 is 9.80 Å². The lowest BCUT2D eigenvalue weighted by Crippen LogP contribution is -2.55. The van der Waals surface area contributed by atoms with Crippen LogP contribution in [0.3, 0.4) is 0 Å². The number of amides is 1. The van der Waals surface area contributed by atoms with Crippen molar-refractivity contribution in [2.75, 3.05) is 24.5 Å². The van der Waals surface area contributed by atoms with Gasteiger partial charge in [-0.3, -0.25) is 9.78 Å². The first kappa shape index (κ1) is 14.2. The van der Waals surface area contributed by atoms with Gasteiger partial charge in [-0.2, -0.15) is 0 Å². The van der Waals surface area contributed by atoms with Crippen LogP contribution in [0.15, 0.2) is 34.4 Å². The van der Waals surface area contributed by atoms with Crippen molar-refractivity contribution in [3.05, 3.63) is 44.8 Å². The highest BCUT2D eigenvalue weighted by Gasteiger charge is 2.37. The van der Waals surface area contributed by atoms with Gasteiger partial charge in [0.2, 0.25) is 5.91 Å². The minimum absolute atomic E-state index is 0.125. The third-order valence-electron chi connectivity index (χ3n) is 4.44. The Morgan fingerprint density at radius 1 is 1.36 bits per heavy atom. The molecule has 0 saturated carbocycles. The summed E-state index contributed by atoms with van der Waals surface area (Å²) in [5, 5.41) is 2.13. The molecule has 2 aliphatic rings. The topological polar surface area (TPSA) is 36.4 Å². The number of rotatable bonds is 2. The van der Waals surface area contributed by atoms with E-state index in [2.05, 4.69) is 37.3 Å². The van der Waals surface area contributed by atoms with Crippen molar-refractivity contribution >= 4 is 38.9 Å². The smallest absolute Gasteiger partial charge is 0.229 e. The maximum Gasteiger partial charge on any atom is 0.229 e. The van der Waals surface area contributed by atoms with Crippen LogP contribution in [0.5, 0.6) is 0 Å². The third-order valence-corrected chi connectivity index (χ3v) is 6.08. The lowest BCUT2D eigenvalue weighted by molar-refractivity contribution is -0.137. The first-order chi connectivity index (χ1) is 10.7. The fraction of sp³-hybridized carbons (Fsp3) is 0.375. The molecule has 0 radical (unpaired) electrons. The van der Waals surface area contributed by atoms with Gasteiger partial charge >= 0.3 is 0 Å². The number of anilines is 1. The molecule has 0 spiro atoms. The van der Waals surface area contributed by atoms with Crippen LogP contribution in [0.25, 0.3) is 0 Å². The van der Waals surface area contributed by atoms with Crippen LogP contribution < -0.4 is 4.90 Å². The van der Waals surface area contributed by atoms with Crippen molar-refractivity contribution in [1.82, 2.24) is 9.88 Å². The highest BCUT2D eigenvalue weighted by Crippen LogP contribution is 2.32. The van der Waals surface area contributed by atoms with Crippen LogP contribution in [-0.4, -0.2) is 35.4 Å². The number of aromatic nitrogens is 1. The first-order valence-corrected chi connectivity index (χ1v) is 9.08. The molecule has 0 unspecified atom stereocenters. The molecule has 0 aromatic carbocycles. The van der Waals surface area contributed by atoms with Gasteiger partial charge in [0.15, 0.2) is 0 Å². The highest BCUT2D eigenvalue weighted by molar-refractivity contribution is 9.10. The molecule has 0 N–H and O–H groups in total. The maximum atomic E-state index is 12.7. The third kappa shape index (κ3) is 2.44. The minimum atomic E-state index is 0.125. The van der Waals surface area contributed by atoms with Crippen molar-refractivity contribution in [2.45, 2.75) is 13.0 Å². The largest absolute Gasteiger partial charge is 0.369 e. The number of fused-ring (bicyclic) bond motifs is 1. The second-order valence-corrected chi connectivity index (χ2v) is 7.66. The molecule has 1 saturated heterocycles. The molecule has 0 aliphatic carbocycles. The zero-order chi connectivity index (χ0) is 15.1. The molecule has 0 atom stereocenters. The number of hydrogen-bond donors (Lipinski definition) is 0. The lowest BCUT2D eigenvalue weighted by atomic mass is 9.96. The molecular formula is C16H16BrN3OS. The van der Waals surface area contributed by atoms with Crippen LogP contribution in [0, 0.1) is 5.92 Å². The van der Waals surface area contributed by atoms with Crippen LogP contribution in [0.4, 0.5) is 5.69 Å². The molecule has 4 nitrogen and oxygen atoms in total. The van der Waals surface area contributed by atoms with Gasteiger partial charge in [0.05, 0.1) is 16.1 Å². The summed E-state index contributed by atoms with van der Waals surface area (Å²) in [5.41, 5.74) is 2.45. The fourth-order valence-corrected chi connectivity index (χ4v) is 4.54. The normalized spacial score (nSPS) is 18.0. The SMILES string of the molecule is O=C(C1CN(c2ccncc2Br)C1)N1CCc2sccc2C1. The lowest BCUT2D eigenvalue weighted by Gasteiger charge is -2.43. The molecule has 2 aliphatic heterocycles. The van der Waals surface area contributed by atoms with E-state index in [4.69, 9.17) is 0 Å². The molecule has 1 amide bonds. The van der Waals surface area contributed by atoms with Crippen LogP contribution in [0.2, 0.25) is 0 Å². The minimum Gasteiger partial charge on any atom is -0.369 e. The van der Waals surface area contributed by atoms with E-state index in [-0.39, 0.29) is 5.92 Å². The van der Waals surface area contributed by atoms with E-state index in [0.717, 1.165) is 42.8 Å². The summed E-state index contributed by atoms with van der Waals surface area (Å²) in [4.78, 5) is 22.4. The Kier molecular flexibility index (Phi) is 3.66. The Balaban J connectivity index is 1.39. The number of pyridine rings is 1. The molecule has 2 aromatic heterocycles. The van der Waals surface area contributed by atoms with E-state index in [1.807, 2.05) is 22.3 Å². The van der Waals surface area contributed by atoms with Crippen LogP contribution in [0.1, 0.15) is 10.4 Å². The molecular weight excluding hydrogens is 362 g/mol. The fourth-order valence-electron chi connectivity index (χ4n) is 3.15. The second-order valence-electron chi connectivity index (χ2n) is 5.81. The van der Waals surface area contributed by atoms with Crippen LogP contribution >= 0.6 is 27.3 Å². The summed E-state index contributed by atoms with van der Waals surface area (Å²) >= 11 is 5.33. The number of carbonyl (C=O) groups excluding carboxylic acids is 1. The average Bonchev–Trinajstić information content (AvgIpc) is 2.95. The highest BCUT2D eigenvalue weighted by atomic mass is 79.9. The number of thiophene rings is 1. The van der Waals surface area contributed by atoms with Gasteiger partial charge in [-0.25, -0.2) is 0 Å². The summed E-state index contributed by atoms with van der Waals surface area (Å²) in [5.74, 6) is 0.429. The monoisotopic (exact) mass is 377 g/mol. The summed E-state index contributed by atoms with van der Waals surface area (Å²) in [6, 6.07) is 4.14. The van der Waals surface area contributed by atoms with E-state index in [1.165, 1.54) is 10.4 Å². The zero-order valence-corrected chi connectivity index (χ0v) is 14.4. The maximum absolute atomic E-state index is 12.7. The number of carbonyl (C=O) groups is 1. The van der Waals surface area contributed by atoms with E-state index in [9.17, 15) is 4.79 Å². The Hall–Kier alpha value is -1.40. The second kappa shape index (κ2) is 5.66. The summed E-state index contributed by atoms with van der Waals surface area (Å²) in [6.07, 6.45) is 4.59. The molecule has 0 bridgehead atoms. The quantitative estimate of drug-likeness (QED) is 0.807. The van der Waals surface area contributed by atoms with Gasteiger partial charge in [-0.1, -0.05) is 0 Å². The predicted octanol–water partition coefficient (Wildman–Crippen LogP) is 2.93. The van der Waals surface area contributed by atoms with Crippen molar-refractivity contribution in [3.8, 4) is 0 Å². The summed E-state index contributed by atoms with van der Waals surface area (Å²) in [6.45, 7) is 3.25. The number of hydrogen-bond acceptors (Lipinski definition) is 4. The average molecular weight is 378 g/mol. The van der Waals surface area contributed by atoms with E-state index < -0.39 is 0 Å². The Bertz CT molecular complexity index is 711. The summed E-state index contributed by atoms with van der Waals surface area (Å²) < 4.78 is 0.988. The Morgan fingerprint density at radius 2 is 2.23 bits per heavy atom. The molecule has 4 heterocycles. The van der Waals surface area contributed by atoms with E-state index in [1.54, 1.807) is 12.4 Å². The Morgan fingerprint density at radius 3 is 3.05 bits per heavy atom. The molecule has 22 heavy (non-hydrogen) atoms. The van der Waals surface area contributed by atoms with Crippen molar-refractivity contribution < 1.29 is 4.79 Å². The van der Waals surface area contributed by atoms with Gasteiger partial charge in [0, 0.05) is 43.4 Å². The molecule has 1 fully saturated rings. The van der Waals surface area contributed by atoms with E-state index >= 15 is 0 Å². The van der Waals surface area contributed by atoms with Gasteiger partial charge in [0.1, 0.15) is 0 Å². The first-order valence-electron chi connectivity index (χ1n) is 7.41. The van der Waals surface area contributed by atoms with Crippen LogP contribution in [-0.2, 0) is 17.8 Å².